The largest absolute Gasteiger partial charge is 0.504 e. The highest BCUT2D eigenvalue weighted by Gasteiger charge is 2.24. The van der Waals surface area contributed by atoms with Crippen molar-refractivity contribution in [3.8, 4) is 27.0 Å². The van der Waals surface area contributed by atoms with Crippen LogP contribution >= 0.6 is 22.7 Å². The van der Waals surface area contributed by atoms with E-state index in [1.807, 2.05) is 30.3 Å². The molecule has 0 saturated heterocycles. The van der Waals surface area contributed by atoms with E-state index in [-0.39, 0.29) is 11.4 Å². The van der Waals surface area contributed by atoms with E-state index in [2.05, 4.69) is 20.3 Å². The third kappa shape index (κ3) is 3.30. The predicted molar refractivity (Wildman–Crippen MR) is 106 cm³/mol. The minimum absolute atomic E-state index is 0.262. The molecule has 0 unspecified atom stereocenters. The molecule has 1 aromatic carbocycles. The summed E-state index contributed by atoms with van der Waals surface area (Å²) in [6, 6.07) is 9.44. The van der Waals surface area contributed by atoms with Crippen molar-refractivity contribution in [1.29, 1.82) is 0 Å². The number of carbonyl (C=O) groups excluding carboxylic acids is 1. The molecule has 3 N–H and O–H groups in total. The average Bonchev–Trinajstić information content (AvgIpc) is 3.38. The second-order valence-electron chi connectivity index (χ2n) is 5.63. The average molecular weight is 412 g/mol. The lowest BCUT2D eigenvalue weighted by Crippen LogP contribution is -2.30. The Morgan fingerprint density at radius 3 is 2.57 bits per heavy atom. The smallest absolute Gasteiger partial charge is 0.322 e. The second-order valence-corrected chi connectivity index (χ2v) is 7.53. The summed E-state index contributed by atoms with van der Waals surface area (Å²) in [5.74, 6) is -2.31. The van der Waals surface area contributed by atoms with E-state index in [4.69, 9.17) is 5.11 Å². The SMILES string of the molecule is O=C(O)CNC(=O)c1nc(-c2nccs2)c2nc(-c3ccccc3)sc2c1O. The van der Waals surface area contributed by atoms with E-state index >= 15 is 0 Å². The molecule has 140 valence electrons. The Bertz CT molecular complexity index is 1170. The molecule has 28 heavy (non-hydrogen) atoms. The van der Waals surface area contributed by atoms with Crippen molar-refractivity contribution in [3.63, 3.8) is 0 Å². The van der Waals surface area contributed by atoms with Gasteiger partial charge in [-0.1, -0.05) is 30.3 Å². The van der Waals surface area contributed by atoms with Crippen LogP contribution in [0.15, 0.2) is 41.9 Å². The summed E-state index contributed by atoms with van der Waals surface area (Å²) in [5.41, 5.74) is 1.40. The van der Waals surface area contributed by atoms with Gasteiger partial charge in [0, 0.05) is 17.1 Å². The minimum Gasteiger partial charge on any atom is -0.504 e. The fourth-order valence-corrected chi connectivity index (χ4v) is 4.20. The van der Waals surface area contributed by atoms with Crippen LogP contribution in [0.4, 0.5) is 0 Å². The van der Waals surface area contributed by atoms with Gasteiger partial charge in [-0.25, -0.2) is 15.0 Å². The van der Waals surface area contributed by atoms with E-state index in [1.165, 1.54) is 22.7 Å². The maximum absolute atomic E-state index is 12.4. The molecular weight excluding hydrogens is 400 g/mol. The normalized spacial score (nSPS) is 10.9. The van der Waals surface area contributed by atoms with Gasteiger partial charge in [0.1, 0.15) is 32.5 Å². The Hall–Kier alpha value is -3.37. The van der Waals surface area contributed by atoms with E-state index in [9.17, 15) is 14.7 Å². The van der Waals surface area contributed by atoms with Crippen molar-refractivity contribution >= 4 is 44.8 Å². The first kappa shape index (κ1) is 18.0. The molecule has 0 spiro atoms. The Labute approximate surface area is 166 Å². The number of pyridine rings is 1. The van der Waals surface area contributed by atoms with Gasteiger partial charge in [-0.2, -0.15) is 0 Å². The molecule has 0 bridgehead atoms. The number of aromatic hydroxyl groups is 1. The molecule has 10 heteroatoms. The maximum atomic E-state index is 12.4. The molecule has 8 nitrogen and oxygen atoms in total. The number of nitrogens with zero attached hydrogens (tertiary/aromatic N) is 3. The summed E-state index contributed by atoms with van der Waals surface area (Å²) in [7, 11) is 0. The van der Waals surface area contributed by atoms with Gasteiger partial charge in [0.15, 0.2) is 11.4 Å². The lowest BCUT2D eigenvalue weighted by atomic mass is 10.2. The molecule has 1 amide bonds. The Morgan fingerprint density at radius 2 is 1.89 bits per heavy atom. The number of carbonyl (C=O) groups is 2. The van der Waals surface area contributed by atoms with Gasteiger partial charge in [0.2, 0.25) is 0 Å². The topological polar surface area (TPSA) is 125 Å². The number of rotatable bonds is 5. The Balaban J connectivity index is 1.91. The van der Waals surface area contributed by atoms with Gasteiger partial charge in [0.05, 0.1) is 0 Å². The minimum atomic E-state index is -1.20. The van der Waals surface area contributed by atoms with Crippen LogP contribution in [0.1, 0.15) is 10.5 Å². The van der Waals surface area contributed by atoms with Gasteiger partial charge < -0.3 is 15.5 Å². The number of aromatic nitrogens is 3. The summed E-state index contributed by atoms with van der Waals surface area (Å²) >= 11 is 2.55. The molecule has 4 aromatic rings. The molecular formula is C18H12N4O4S2. The van der Waals surface area contributed by atoms with E-state index in [0.29, 0.717) is 25.9 Å². The third-order valence-corrected chi connectivity index (χ3v) is 5.68. The summed E-state index contributed by atoms with van der Waals surface area (Å²) in [6.07, 6.45) is 1.61. The van der Waals surface area contributed by atoms with Crippen LogP contribution in [0.2, 0.25) is 0 Å². The quantitative estimate of drug-likeness (QED) is 0.460. The molecule has 0 aliphatic carbocycles. The van der Waals surface area contributed by atoms with Crippen LogP contribution in [0.25, 0.3) is 31.5 Å². The van der Waals surface area contributed by atoms with E-state index in [0.717, 1.165) is 5.56 Å². The lowest BCUT2D eigenvalue weighted by Gasteiger charge is -2.07. The van der Waals surface area contributed by atoms with E-state index in [1.54, 1.807) is 11.6 Å². The number of aliphatic carboxylic acids is 1. The van der Waals surface area contributed by atoms with Crippen LogP contribution in [0.3, 0.4) is 0 Å². The monoisotopic (exact) mass is 412 g/mol. The Kier molecular flexibility index (Phi) is 4.72. The van der Waals surface area contributed by atoms with Gasteiger partial charge in [0.25, 0.3) is 5.91 Å². The molecule has 3 aromatic heterocycles. The summed E-state index contributed by atoms with van der Waals surface area (Å²) < 4.78 is 0.388. The molecule has 0 aliphatic heterocycles. The first-order chi connectivity index (χ1) is 13.5. The number of carboxylic acids is 1. The van der Waals surface area contributed by atoms with Crippen LogP contribution < -0.4 is 5.32 Å². The van der Waals surface area contributed by atoms with Gasteiger partial charge >= 0.3 is 5.97 Å². The molecule has 0 aliphatic rings. The zero-order valence-corrected chi connectivity index (χ0v) is 15.8. The molecule has 0 fully saturated rings. The van der Waals surface area contributed by atoms with Crippen LogP contribution in [0.5, 0.6) is 5.75 Å². The van der Waals surface area contributed by atoms with Crippen LogP contribution in [-0.4, -0.2) is 43.6 Å². The summed E-state index contributed by atoms with van der Waals surface area (Å²) in [6.45, 7) is -0.581. The zero-order valence-electron chi connectivity index (χ0n) is 14.1. The predicted octanol–water partition coefficient (Wildman–Crippen LogP) is 3.00. The fourth-order valence-electron chi connectivity index (χ4n) is 2.56. The number of hydrogen-bond acceptors (Lipinski definition) is 8. The van der Waals surface area contributed by atoms with Crippen molar-refractivity contribution in [1.82, 2.24) is 20.3 Å². The number of benzene rings is 1. The molecule has 0 saturated carbocycles. The highest BCUT2D eigenvalue weighted by Crippen LogP contribution is 2.41. The van der Waals surface area contributed by atoms with Crippen molar-refractivity contribution in [3.05, 3.63) is 47.6 Å². The zero-order chi connectivity index (χ0) is 19.7. The van der Waals surface area contributed by atoms with E-state index < -0.39 is 18.4 Å². The highest BCUT2D eigenvalue weighted by atomic mass is 32.1. The first-order valence-electron chi connectivity index (χ1n) is 8.03. The molecule has 0 atom stereocenters. The number of thiazole rings is 2. The number of nitrogens with one attached hydrogen (secondary N) is 1. The fraction of sp³-hybridized carbons (Fsp3) is 0.0556. The van der Waals surface area contributed by atoms with Crippen molar-refractivity contribution in [2.45, 2.75) is 0 Å². The maximum Gasteiger partial charge on any atom is 0.322 e. The van der Waals surface area contributed by atoms with Gasteiger partial charge in [-0.3, -0.25) is 9.59 Å². The molecule has 3 heterocycles. The first-order valence-corrected chi connectivity index (χ1v) is 9.73. The Morgan fingerprint density at radius 1 is 1.11 bits per heavy atom. The number of amides is 1. The summed E-state index contributed by atoms with van der Waals surface area (Å²) in [4.78, 5) is 36.2. The number of carboxylic acid groups (broad SMARTS) is 1. The highest BCUT2D eigenvalue weighted by molar-refractivity contribution is 7.22. The van der Waals surface area contributed by atoms with Crippen LogP contribution in [-0.2, 0) is 4.79 Å². The molecule has 4 rings (SSSR count). The molecule has 0 radical (unpaired) electrons. The van der Waals surface area contributed by atoms with Gasteiger partial charge in [-0.05, 0) is 0 Å². The second kappa shape index (κ2) is 7.33. The van der Waals surface area contributed by atoms with Crippen molar-refractivity contribution in [2.24, 2.45) is 0 Å². The number of fused-ring (bicyclic) bond motifs is 1. The van der Waals surface area contributed by atoms with Crippen molar-refractivity contribution < 1.29 is 19.8 Å². The third-order valence-electron chi connectivity index (χ3n) is 3.79. The number of hydrogen-bond donors (Lipinski definition) is 3. The summed E-state index contributed by atoms with van der Waals surface area (Å²) in [5, 5.41) is 24.6. The standard InChI is InChI=1S/C18H12N4O4S2/c23-10(24)8-20-16(26)13-14(25)15-11(12(21-13)18-19-6-7-27-18)22-17(28-15)9-4-2-1-3-5-9/h1-7,25H,8H2,(H,20,26)(H,23,24). The van der Waals surface area contributed by atoms with Crippen molar-refractivity contribution in [2.75, 3.05) is 6.54 Å². The van der Waals surface area contributed by atoms with Gasteiger partial charge in [-0.15, -0.1) is 22.7 Å². The lowest BCUT2D eigenvalue weighted by molar-refractivity contribution is -0.135. The van der Waals surface area contributed by atoms with Crippen LogP contribution in [0, 0.1) is 0 Å².